The molecule has 0 aliphatic heterocycles. The lowest BCUT2D eigenvalue weighted by Gasteiger charge is -2.03. The average molecular weight is 327 g/mol. The number of methoxy groups -OCH3 is 1. The molecule has 2 N–H and O–H groups in total. The molecule has 0 spiro atoms. The quantitative estimate of drug-likeness (QED) is 0.709. The third kappa shape index (κ3) is 3.29. The van der Waals surface area contributed by atoms with Gasteiger partial charge in [-0.05, 0) is 12.1 Å². The minimum Gasteiger partial charge on any atom is -0.491 e. The van der Waals surface area contributed by atoms with Crippen molar-refractivity contribution in [1.82, 2.24) is 25.4 Å². The minimum absolute atomic E-state index is 0.0279. The van der Waals surface area contributed by atoms with Gasteiger partial charge in [-0.15, -0.1) is 0 Å². The Morgan fingerprint density at radius 1 is 1.46 bits per heavy atom. The Bertz CT molecular complexity index is 903. The fourth-order valence-electron chi connectivity index (χ4n) is 1.94. The van der Waals surface area contributed by atoms with Crippen LogP contribution in [-0.4, -0.2) is 33.1 Å². The molecule has 0 aliphatic carbocycles. The van der Waals surface area contributed by atoms with Gasteiger partial charge in [-0.1, -0.05) is 5.16 Å². The highest BCUT2D eigenvalue weighted by molar-refractivity contribution is 5.92. The van der Waals surface area contributed by atoms with Crippen LogP contribution in [0.15, 0.2) is 46.1 Å². The van der Waals surface area contributed by atoms with Crippen LogP contribution in [0, 0.1) is 0 Å². The number of carbonyl (C=O) groups is 1. The van der Waals surface area contributed by atoms with E-state index in [1.807, 2.05) is 0 Å². The second kappa shape index (κ2) is 6.73. The molecule has 3 aromatic heterocycles. The van der Waals surface area contributed by atoms with E-state index in [1.54, 1.807) is 24.5 Å². The van der Waals surface area contributed by atoms with Crippen LogP contribution in [0.5, 0.6) is 5.75 Å². The molecule has 0 aliphatic rings. The summed E-state index contributed by atoms with van der Waals surface area (Å²) >= 11 is 0. The smallest absolute Gasteiger partial charge is 0.268 e. The molecule has 24 heavy (non-hydrogen) atoms. The van der Waals surface area contributed by atoms with E-state index in [4.69, 9.17) is 9.26 Å². The van der Waals surface area contributed by atoms with Gasteiger partial charge in [0.1, 0.15) is 5.69 Å². The Morgan fingerprint density at radius 2 is 2.33 bits per heavy atom. The van der Waals surface area contributed by atoms with E-state index in [0.717, 1.165) is 6.07 Å². The molecular formula is C15H13N5O4. The Balaban J connectivity index is 1.66. The lowest BCUT2D eigenvalue weighted by Crippen LogP contribution is -2.25. The van der Waals surface area contributed by atoms with E-state index in [-0.39, 0.29) is 23.9 Å². The lowest BCUT2D eigenvalue weighted by molar-refractivity contribution is 0.0941. The Labute approximate surface area is 135 Å². The first-order chi connectivity index (χ1) is 11.7. The molecule has 3 rings (SSSR count). The number of ether oxygens (including phenoxy) is 1. The van der Waals surface area contributed by atoms with Crippen molar-refractivity contribution in [2.24, 2.45) is 0 Å². The summed E-state index contributed by atoms with van der Waals surface area (Å²) in [6.45, 7) is 0.0279. The zero-order chi connectivity index (χ0) is 16.9. The van der Waals surface area contributed by atoms with Crippen LogP contribution in [0.4, 0.5) is 0 Å². The van der Waals surface area contributed by atoms with Crippen molar-refractivity contribution in [3.63, 3.8) is 0 Å². The molecule has 0 saturated carbocycles. The van der Waals surface area contributed by atoms with Gasteiger partial charge in [-0.3, -0.25) is 14.6 Å². The van der Waals surface area contributed by atoms with Crippen LogP contribution >= 0.6 is 0 Å². The van der Waals surface area contributed by atoms with Gasteiger partial charge < -0.3 is 19.6 Å². The number of nitrogens with one attached hydrogen (secondary N) is 2. The number of amides is 1. The van der Waals surface area contributed by atoms with E-state index in [2.05, 4.69) is 25.4 Å². The summed E-state index contributed by atoms with van der Waals surface area (Å²) in [5.74, 6) is 0.267. The average Bonchev–Trinajstić information content (AvgIpc) is 3.09. The maximum Gasteiger partial charge on any atom is 0.268 e. The second-order valence-corrected chi connectivity index (χ2v) is 4.72. The minimum atomic E-state index is -0.476. The summed E-state index contributed by atoms with van der Waals surface area (Å²) in [5, 5.41) is 6.41. The molecule has 0 atom stereocenters. The van der Waals surface area contributed by atoms with Gasteiger partial charge in [0, 0.05) is 30.2 Å². The first-order valence-electron chi connectivity index (χ1n) is 6.95. The zero-order valence-electron chi connectivity index (χ0n) is 12.6. The van der Waals surface area contributed by atoms with Gasteiger partial charge in [-0.2, -0.15) is 4.98 Å². The molecule has 0 fully saturated rings. The van der Waals surface area contributed by atoms with Crippen molar-refractivity contribution < 1.29 is 14.1 Å². The molecule has 0 bridgehead atoms. The number of H-pyrrole nitrogens is 1. The van der Waals surface area contributed by atoms with Crippen molar-refractivity contribution in [2.75, 3.05) is 7.11 Å². The van der Waals surface area contributed by atoms with E-state index < -0.39 is 11.3 Å². The molecule has 0 aromatic carbocycles. The summed E-state index contributed by atoms with van der Waals surface area (Å²) in [7, 11) is 1.37. The van der Waals surface area contributed by atoms with Crippen LogP contribution in [0.25, 0.3) is 11.4 Å². The summed E-state index contributed by atoms with van der Waals surface area (Å²) in [6, 6.07) is 4.71. The third-order valence-corrected chi connectivity index (χ3v) is 3.13. The van der Waals surface area contributed by atoms with Crippen LogP contribution in [0.3, 0.4) is 0 Å². The number of pyridine rings is 2. The lowest BCUT2D eigenvalue weighted by atomic mass is 10.3. The van der Waals surface area contributed by atoms with Gasteiger partial charge in [0.05, 0.1) is 13.7 Å². The Morgan fingerprint density at radius 3 is 3.04 bits per heavy atom. The van der Waals surface area contributed by atoms with Gasteiger partial charge in [0.2, 0.25) is 17.1 Å². The molecule has 122 valence electrons. The number of hydrogen-bond acceptors (Lipinski definition) is 7. The topological polar surface area (TPSA) is 123 Å². The van der Waals surface area contributed by atoms with E-state index >= 15 is 0 Å². The summed E-state index contributed by atoms with van der Waals surface area (Å²) in [5.41, 5.74) is 0.421. The molecular weight excluding hydrogens is 314 g/mol. The second-order valence-electron chi connectivity index (χ2n) is 4.72. The molecule has 0 radical (unpaired) electrons. The molecule has 3 aromatic rings. The van der Waals surface area contributed by atoms with Crippen molar-refractivity contribution >= 4 is 5.91 Å². The van der Waals surface area contributed by atoms with E-state index in [1.165, 1.54) is 13.3 Å². The molecule has 0 saturated heterocycles. The fraction of sp³-hybridized carbons (Fsp3) is 0.133. The maximum absolute atomic E-state index is 12.0. The highest BCUT2D eigenvalue weighted by Crippen LogP contribution is 2.13. The summed E-state index contributed by atoms with van der Waals surface area (Å²) in [6.07, 6.45) is 4.57. The van der Waals surface area contributed by atoms with Gasteiger partial charge in [0.15, 0.2) is 5.75 Å². The number of aromatic amines is 1. The number of rotatable bonds is 5. The summed E-state index contributed by atoms with van der Waals surface area (Å²) in [4.78, 5) is 34.5. The number of aromatic nitrogens is 4. The largest absolute Gasteiger partial charge is 0.491 e. The van der Waals surface area contributed by atoms with Gasteiger partial charge in [0.25, 0.3) is 5.91 Å². The standard InChI is InChI=1S/C15H13N5O4/c1-23-12-7-17-10(5-11(12)21)15(22)18-8-13-19-14(20-24-13)9-3-2-4-16-6-9/h2-7H,8H2,1H3,(H,17,21)(H,18,22). The number of hydrogen-bond donors (Lipinski definition) is 2. The monoisotopic (exact) mass is 327 g/mol. The fourth-order valence-corrected chi connectivity index (χ4v) is 1.94. The van der Waals surface area contributed by atoms with Gasteiger partial charge >= 0.3 is 0 Å². The van der Waals surface area contributed by atoms with E-state index in [9.17, 15) is 9.59 Å². The molecule has 1 amide bonds. The zero-order valence-corrected chi connectivity index (χ0v) is 12.6. The highest BCUT2D eigenvalue weighted by atomic mass is 16.5. The van der Waals surface area contributed by atoms with E-state index in [0.29, 0.717) is 11.4 Å². The highest BCUT2D eigenvalue weighted by Gasteiger charge is 2.12. The predicted octanol–water partition coefficient (Wildman–Crippen LogP) is 0.758. The molecule has 9 heteroatoms. The molecule has 3 heterocycles. The van der Waals surface area contributed by atoms with Crippen LogP contribution < -0.4 is 15.5 Å². The first kappa shape index (κ1) is 15.4. The van der Waals surface area contributed by atoms with Crippen molar-refractivity contribution in [2.45, 2.75) is 6.54 Å². The third-order valence-electron chi connectivity index (χ3n) is 3.13. The summed E-state index contributed by atoms with van der Waals surface area (Å²) < 4.78 is 9.91. The number of nitrogens with zero attached hydrogens (tertiary/aromatic N) is 3. The number of carbonyl (C=O) groups excluding carboxylic acids is 1. The van der Waals surface area contributed by atoms with Crippen LogP contribution in [0.1, 0.15) is 16.4 Å². The molecule has 9 nitrogen and oxygen atoms in total. The normalized spacial score (nSPS) is 10.4. The Hall–Kier alpha value is -3.49. The van der Waals surface area contributed by atoms with Crippen molar-refractivity contribution in [3.05, 3.63) is 58.6 Å². The van der Waals surface area contributed by atoms with Crippen LogP contribution in [-0.2, 0) is 6.54 Å². The predicted molar refractivity (Wildman–Crippen MR) is 82.3 cm³/mol. The van der Waals surface area contributed by atoms with Crippen molar-refractivity contribution in [1.29, 1.82) is 0 Å². The van der Waals surface area contributed by atoms with Crippen LogP contribution in [0.2, 0.25) is 0 Å². The van der Waals surface area contributed by atoms with Crippen molar-refractivity contribution in [3.8, 4) is 17.1 Å². The molecule has 0 unspecified atom stereocenters. The first-order valence-corrected chi connectivity index (χ1v) is 6.95. The maximum atomic E-state index is 12.0. The Kier molecular flexibility index (Phi) is 4.32. The van der Waals surface area contributed by atoms with Gasteiger partial charge in [-0.25, -0.2) is 0 Å². The SMILES string of the molecule is COc1c[nH]c(C(=O)NCc2nc(-c3cccnc3)no2)cc1=O.